The van der Waals surface area contributed by atoms with E-state index in [1.54, 1.807) is 6.08 Å². The molecule has 0 aromatic carbocycles. The van der Waals surface area contributed by atoms with E-state index in [1.165, 1.54) is 11.3 Å². The van der Waals surface area contributed by atoms with E-state index in [-0.39, 0.29) is 0 Å². The first-order chi connectivity index (χ1) is 10.6. The second-order valence-electron chi connectivity index (χ2n) is 6.47. The lowest BCUT2D eigenvalue weighted by Gasteiger charge is -2.32. The summed E-state index contributed by atoms with van der Waals surface area (Å²) in [5.74, 6) is -0.963. The van der Waals surface area contributed by atoms with E-state index >= 15 is 0 Å². The zero-order valence-corrected chi connectivity index (χ0v) is 14.6. The average Bonchev–Trinajstić information content (AvgIpc) is 2.96. The van der Waals surface area contributed by atoms with E-state index in [4.69, 9.17) is 20.1 Å². The van der Waals surface area contributed by atoms with Crippen molar-refractivity contribution in [2.75, 3.05) is 6.54 Å². The topological polar surface area (TPSA) is 81.8 Å². The van der Waals surface area contributed by atoms with Crippen LogP contribution in [0.2, 0.25) is 0 Å². The minimum Gasteiger partial charge on any atom is -0.478 e. The Bertz CT molecular complexity index is 632. The Balaban J connectivity index is 2.19. The van der Waals surface area contributed by atoms with E-state index in [0.29, 0.717) is 6.54 Å². The molecule has 0 radical (unpaired) electrons. The van der Waals surface area contributed by atoms with Gasteiger partial charge in [0.2, 0.25) is 0 Å². The maximum absolute atomic E-state index is 10.6. The Morgan fingerprint density at radius 2 is 1.96 bits per heavy atom. The van der Waals surface area contributed by atoms with E-state index < -0.39 is 24.3 Å². The van der Waals surface area contributed by atoms with Crippen LogP contribution in [0.4, 0.5) is 0 Å². The van der Waals surface area contributed by atoms with Crippen LogP contribution in [0.15, 0.2) is 23.0 Å². The molecule has 0 aliphatic carbocycles. The number of aliphatic carboxylic acids is 1. The number of nitrogens with two attached hydrogens (primary N) is 1. The number of thiophene rings is 1. The first-order valence-electron chi connectivity index (χ1n) is 7.40. The average molecular weight is 335 g/mol. The Labute approximate surface area is 140 Å². The van der Waals surface area contributed by atoms with Gasteiger partial charge in [-0.3, -0.25) is 0 Å². The van der Waals surface area contributed by atoms with E-state index in [1.807, 2.05) is 45.2 Å². The standard InChI is InChI=1S/C16H22BNO4S/c1-15(2)16(3,4)22-17(21-15)12(9-18)7-11-8-13(23-10-11)5-6-14(19)20/h5-8,10H,9,18H2,1-4H3,(H,19,20)/b6-5+,12-7?. The van der Waals surface area contributed by atoms with Crippen molar-refractivity contribution in [1.82, 2.24) is 0 Å². The maximum Gasteiger partial charge on any atom is 0.491 e. The predicted molar refractivity (Wildman–Crippen MR) is 94.1 cm³/mol. The molecule has 0 bridgehead atoms. The number of hydrogen-bond acceptors (Lipinski definition) is 5. The van der Waals surface area contributed by atoms with Crippen molar-refractivity contribution in [3.8, 4) is 0 Å². The van der Waals surface area contributed by atoms with Crippen molar-refractivity contribution in [1.29, 1.82) is 0 Å². The summed E-state index contributed by atoms with van der Waals surface area (Å²) < 4.78 is 12.0. The van der Waals surface area contributed by atoms with Gasteiger partial charge in [0.1, 0.15) is 0 Å². The highest BCUT2D eigenvalue weighted by Crippen LogP contribution is 2.38. The Hall–Kier alpha value is -1.41. The molecule has 1 aromatic heterocycles. The summed E-state index contributed by atoms with van der Waals surface area (Å²) in [6.07, 6.45) is 4.63. The summed E-state index contributed by atoms with van der Waals surface area (Å²) >= 11 is 1.47. The highest BCUT2D eigenvalue weighted by atomic mass is 32.1. The van der Waals surface area contributed by atoms with Crippen molar-refractivity contribution < 1.29 is 19.2 Å². The van der Waals surface area contributed by atoms with Gasteiger partial charge in [0.25, 0.3) is 0 Å². The lowest BCUT2D eigenvalue weighted by atomic mass is 9.77. The van der Waals surface area contributed by atoms with Crippen molar-refractivity contribution in [2.45, 2.75) is 38.9 Å². The zero-order chi connectivity index (χ0) is 17.3. The third-order valence-corrected chi connectivity index (χ3v) is 5.09. The molecule has 0 amide bonds. The minimum atomic E-state index is -0.963. The molecule has 0 atom stereocenters. The van der Waals surface area contributed by atoms with Gasteiger partial charge in [-0.05, 0) is 56.3 Å². The molecule has 1 aliphatic heterocycles. The Morgan fingerprint density at radius 1 is 1.35 bits per heavy atom. The van der Waals surface area contributed by atoms with Gasteiger partial charge in [0, 0.05) is 17.5 Å². The quantitative estimate of drug-likeness (QED) is 0.639. The van der Waals surface area contributed by atoms with Crippen LogP contribution in [-0.2, 0) is 14.1 Å². The molecule has 0 unspecified atom stereocenters. The third kappa shape index (κ3) is 4.12. The van der Waals surface area contributed by atoms with Gasteiger partial charge < -0.3 is 20.1 Å². The molecule has 5 nitrogen and oxygen atoms in total. The molecule has 1 aliphatic rings. The molecule has 2 rings (SSSR count). The molecule has 0 spiro atoms. The SMILES string of the molecule is CC1(C)OB(C(=Cc2csc(/C=C/C(=O)O)c2)CN)OC1(C)C. The van der Waals surface area contributed by atoms with Gasteiger partial charge >= 0.3 is 13.1 Å². The van der Waals surface area contributed by atoms with E-state index in [0.717, 1.165) is 22.0 Å². The van der Waals surface area contributed by atoms with Crippen LogP contribution >= 0.6 is 11.3 Å². The minimum absolute atomic E-state index is 0.326. The maximum atomic E-state index is 10.6. The highest BCUT2D eigenvalue weighted by molar-refractivity contribution is 7.11. The van der Waals surface area contributed by atoms with Crippen LogP contribution in [0, 0.1) is 0 Å². The summed E-state index contributed by atoms with van der Waals surface area (Å²) in [6, 6.07) is 1.91. The van der Waals surface area contributed by atoms with Crippen LogP contribution in [-0.4, -0.2) is 35.9 Å². The van der Waals surface area contributed by atoms with Crippen molar-refractivity contribution in [2.24, 2.45) is 5.73 Å². The summed E-state index contributed by atoms with van der Waals surface area (Å²) in [5.41, 5.74) is 6.86. The molecule has 23 heavy (non-hydrogen) atoms. The molecule has 124 valence electrons. The second kappa shape index (κ2) is 6.61. The molecular weight excluding hydrogens is 313 g/mol. The molecule has 3 N–H and O–H groups in total. The van der Waals surface area contributed by atoms with Crippen molar-refractivity contribution >= 4 is 36.6 Å². The van der Waals surface area contributed by atoms with Gasteiger partial charge in [0.15, 0.2) is 0 Å². The third-order valence-electron chi connectivity index (χ3n) is 4.17. The fraction of sp³-hybridized carbons (Fsp3) is 0.438. The number of rotatable bonds is 5. The highest BCUT2D eigenvalue weighted by Gasteiger charge is 2.52. The van der Waals surface area contributed by atoms with Gasteiger partial charge in [0.05, 0.1) is 11.2 Å². The van der Waals surface area contributed by atoms with Gasteiger partial charge in [-0.2, -0.15) is 0 Å². The number of carboxylic acids is 1. The zero-order valence-electron chi connectivity index (χ0n) is 13.8. The van der Waals surface area contributed by atoms with Gasteiger partial charge in [-0.1, -0.05) is 6.08 Å². The van der Waals surface area contributed by atoms with Crippen LogP contribution in [0.1, 0.15) is 38.1 Å². The van der Waals surface area contributed by atoms with Crippen LogP contribution in [0.3, 0.4) is 0 Å². The summed E-state index contributed by atoms with van der Waals surface area (Å²) in [7, 11) is -0.470. The first-order valence-corrected chi connectivity index (χ1v) is 8.28. The van der Waals surface area contributed by atoms with Crippen LogP contribution in [0.25, 0.3) is 12.2 Å². The first kappa shape index (κ1) is 17.9. The van der Waals surface area contributed by atoms with Crippen LogP contribution < -0.4 is 5.73 Å². The fourth-order valence-corrected chi connectivity index (χ4v) is 2.88. The van der Waals surface area contributed by atoms with Crippen molar-refractivity contribution in [3.05, 3.63) is 33.4 Å². The smallest absolute Gasteiger partial charge is 0.478 e. The molecular formula is C16H22BNO4S. The van der Waals surface area contributed by atoms with Gasteiger partial charge in [-0.25, -0.2) is 4.79 Å². The fourth-order valence-electron chi connectivity index (χ4n) is 2.12. The molecule has 2 heterocycles. The van der Waals surface area contributed by atoms with Gasteiger partial charge in [-0.15, -0.1) is 11.3 Å². The molecule has 1 fully saturated rings. The van der Waals surface area contributed by atoms with E-state index in [2.05, 4.69) is 0 Å². The Kier molecular flexibility index (Phi) is 5.15. The summed E-state index contributed by atoms with van der Waals surface area (Å²) in [5, 5.41) is 10.6. The number of hydrogen-bond donors (Lipinski definition) is 2. The molecule has 1 aromatic rings. The monoisotopic (exact) mass is 335 g/mol. The lowest BCUT2D eigenvalue weighted by molar-refractivity contribution is -0.131. The second-order valence-corrected chi connectivity index (χ2v) is 7.41. The lowest BCUT2D eigenvalue weighted by Crippen LogP contribution is -2.41. The molecule has 7 heteroatoms. The Morgan fingerprint density at radius 3 is 2.48 bits per heavy atom. The number of carboxylic acid groups (broad SMARTS) is 1. The predicted octanol–water partition coefficient (Wildman–Crippen LogP) is 2.82. The van der Waals surface area contributed by atoms with E-state index in [9.17, 15) is 4.79 Å². The van der Waals surface area contributed by atoms with Crippen LogP contribution in [0.5, 0.6) is 0 Å². The largest absolute Gasteiger partial charge is 0.491 e. The molecule has 1 saturated heterocycles. The number of carbonyl (C=O) groups is 1. The normalized spacial score (nSPS) is 20.4. The van der Waals surface area contributed by atoms with Crippen molar-refractivity contribution in [3.63, 3.8) is 0 Å². The molecule has 0 saturated carbocycles. The summed E-state index contributed by atoms with van der Waals surface area (Å²) in [4.78, 5) is 11.4. The summed E-state index contributed by atoms with van der Waals surface area (Å²) in [6.45, 7) is 8.33.